The number of nitrogens with one attached hydrogen (secondary N) is 1. The lowest BCUT2D eigenvalue weighted by Crippen LogP contribution is -2.10. The maximum Gasteiger partial charge on any atom is 0.293 e. The van der Waals surface area contributed by atoms with Crippen molar-refractivity contribution in [3.63, 3.8) is 0 Å². The first-order valence-corrected chi connectivity index (χ1v) is 5.75. The number of nitrogens with zero attached hydrogens (tertiary/aromatic N) is 3. The highest BCUT2D eigenvalue weighted by Crippen LogP contribution is 2.25. The van der Waals surface area contributed by atoms with Crippen LogP contribution in [0.5, 0.6) is 0 Å². The Morgan fingerprint density at radius 1 is 1.47 bits per heavy atom. The van der Waals surface area contributed by atoms with Gasteiger partial charge in [0.05, 0.1) is 16.9 Å². The molecule has 0 aliphatic heterocycles. The number of hydrazine groups is 1. The number of aryl methyl sites for hydroxylation is 1. The summed E-state index contributed by atoms with van der Waals surface area (Å²) >= 11 is 0. The van der Waals surface area contributed by atoms with Crippen molar-refractivity contribution >= 4 is 11.4 Å². The van der Waals surface area contributed by atoms with Crippen LogP contribution < -0.4 is 11.3 Å². The monoisotopic (exact) mass is 261 g/mol. The molecule has 2 aromatic rings. The molecule has 7 heteroatoms. The second-order valence-corrected chi connectivity index (χ2v) is 4.30. The highest BCUT2D eigenvalue weighted by molar-refractivity contribution is 5.61. The summed E-state index contributed by atoms with van der Waals surface area (Å²) in [5, 5.41) is 10.9. The van der Waals surface area contributed by atoms with Crippen LogP contribution in [0.3, 0.4) is 0 Å². The van der Waals surface area contributed by atoms with E-state index >= 15 is 0 Å². The molecule has 0 aliphatic rings. The first-order valence-electron chi connectivity index (χ1n) is 5.75. The van der Waals surface area contributed by atoms with E-state index in [0.29, 0.717) is 12.2 Å². The minimum atomic E-state index is -0.454. The number of hydrogen-bond donors (Lipinski definition) is 2. The molecule has 0 saturated heterocycles. The number of benzene rings is 1. The Bertz CT molecular complexity index is 621. The zero-order chi connectivity index (χ0) is 14.0. The zero-order valence-electron chi connectivity index (χ0n) is 10.8. The number of nitro groups is 1. The molecule has 2 rings (SSSR count). The van der Waals surface area contributed by atoms with Gasteiger partial charge >= 0.3 is 0 Å². The molecule has 19 heavy (non-hydrogen) atoms. The molecule has 0 fully saturated rings. The van der Waals surface area contributed by atoms with Crippen LogP contribution in [0.1, 0.15) is 17.0 Å². The number of aromatic nitrogens is 2. The van der Waals surface area contributed by atoms with E-state index in [-0.39, 0.29) is 5.69 Å². The number of anilines is 1. The average Bonchev–Trinajstić information content (AvgIpc) is 2.70. The van der Waals surface area contributed by atoms with Crippen molar-refractivity contribution in [1.29, 1.82) is 0 Å². The van der Waals surface area contributed by atoms with Crippen molar-refractivity contribution in [3.8, 4) is 0 Å². The fraction of sp³-hybridized carbons (Fsp3) is 0.250. The van der Waals surface area contributed by atoms with Crippen molar-refractivity contribution in [3.05, 3.63) is 51.6 Å². The van der Waals surface area contributed by atoms with Crippen LogP contribution in [0.25, 0.3) is 0 Å². The molecule has 7 nitrogen and oxygen atoms in total. The third kappa shape index (κ3) is 2.55. The summed E-state index contributed by atoms with van der Waals surface area (Å²) in [7, 11) is 0. The average molecular weight is 261 g/mol. The van der Waals surface area contributed by atoms with Crippen LogP contribution in [-0.2, 0) is 6.54 Å². The van der Waals surface area contributed by atoms with Gasteiger partial charge in [0.25, 0.3) is 5.69 Å². The second-order valence-electron chi connectivity index (χ2n) is 4.30. The second kappa shape index (κ2) is 5.07. The van der Waals surface area contributed by atoms with Gasteiger partial charge in [0.1, 0.15) is 5.69 Å². The summed E-state index contributed by atoms with van der Waals surface area (Å²) in [4.78, 5) is 14.7. The predicted octanol–water partition coefficient (Wildman–Crippen LogP) is 1.74. The molecule has 100 valence electrons. The van der Waals surface area contributed by atoms with E-state index in [0.717, 1.165) is 17.0 Å². The van der Waals surface area contributed by atoms with Gasteiger partial charge in [0.2, 0.25) is 0 Å². The number of nitrogens with two attached hydrogens (primary N) is 1. The largest absolute Gasteiger partial charge is 0.330 e. The normalized spacial score (nSPS) is 10.5. The van der Waals surface area contributed by atoms with Gasteiger partial charge in [-0.05, 0) is 25.5 Å². The summed E-state index contributed by atoms with van der Waals surface area (Å²) < 4.78 is 1.95. The highest BCUT2D eigenvalue weighted by Gasteiger charge is 2.14. The van der Waals surface area contributed by atoms with Gasteiger partial charge in [-0.3, -0.25) is 16.0 Å². The van der Waals surface area contributed by atoms with Crippen LogP contribution in [0.2, 0.25) is 0 Å². The molecule has 0 unspecified atom stereocenters. The fourth-order valence-corrected chi connectivity index (χ4v) is 1.85. The molecule has 3 N–H and O–H groups in total. The Kier molecular flexibility index (Phi) is 3.48. The van der Waals surface area contributed by atoms with Crippen LogP contribution >= 0.6 is 0 Å². The first kappa shape index (κ1) is 13.0. The summed E-state index contributed by atoms with van der Waals surface area (Å²) in [5.74, 6) is 5.25. The lowest BCUT2D eigenvalue weighted by atomic mass is 10.1. The number of imidazole rings is 1. The van der Waals surface area contributed by atoms with E-state index in [9.17, 15) is 10.1 Å². The van der Waals surface area contributed by atoms with Crippen LogP contribution in [0.4, 0.5) is 11.4 Å². The molecule has 0 radical (unpaired) electrons. The van der Waals surface area contributed by atoms with Gasteiger partial charge in [0.15, 0.2) is 0 Å². The predicted molar refractivity (Wildman–Crippen MR) is 71.7 cm³/mol. The Morgan fingerprint density at radius 2 is 2.21 bits per heavy atom. The smallest absolute Gasteiger partial charge is 0.293 e. The molecule has 0 aliphatic carbocycles. The van der Waals surface area contributed by atoms with Gasteiger partial charge < -0.3 is 9.99 Å². The first-order chi connectivity index (χ1) is 9.02. The summed E-state index contributed by atoms with van der Waals surface area (Å²) in [5.41, 5.74) is 5.41. The highest BCUT2D eigenvalue weighted by atomic mass is 16.6. The molecular formula is C12H15N5O2. The standard InChI is InChI=1S/C12H15N5O2/c1-8-9(2)16(7-14-8)6-10-3-4-11(15-13)12(5-10)17(18)19/h3-5,7,15H,6,13H2,1-2H3. The third-order valence-electron chi connectivity index (χ3n) is 3.11. The Labute approximate surface area is 110 Å². The van der Waals surface area contributed by atoms with E-state index in [1.807, 2.05) is 18.4 Å². The maximum absolute atomic E-state index is 10.9. The topological polar surface area (TPSA) is 99.0 Å². The molecule has 0 atom stereocenters. The zero-order valence-corrected chi connectivity index (χ0v) is 10.8. The van der Waals surface area contributed by atoms with Gasteiger partial charge in [-0.15, -0.1) is 0 Å². The van der Waals surface area contributed by atoms with Crippen molar-refractivity contribution in [2.75, 3.05) is 5.43 Å². The summed E-state index contributed by atoms with van der Waals surface area (Å²) in [6.07, 6.45) is 1.73. The minimum Gasteiger partial charge on any atom is -0.330 e. The van der Waals surface area contributed by atoms with Gasteiger partial charge in [-0.2, -0.15) is 0 Å². The Balaban J connectivity index is 2.34. The van der Waals surface area contributed by atoms with Crippen molar-refractivity contribution in [1.82, 2.24) is 9.55 Å². The van der Waals surface area contributed by atoms with Crippen molar-refractivity contribution < 1.29 is 4.92 Å². The number of nitrogen functional groups attached to an aromatic ring is 1. The fourth-order valence-electron chi connectivity index (χ4n) is 1.85. The number of rotatable bonds is 4. The lowest BCUT2D eigenvalue weighted by molar-refractivity contribution is -0.384. The SMILES string of the molecule is Cc1ncn(Cc2ccc(NN)c([N+](=O)[O-])c2)c1C. The molecule has 1 aromatic carbocycles. The molecular weight excluding hydrogens is 246 g/mol. The molecule has 0 bridgehead atoms. The molecule has 1 aromatic heterocycles. The molecule has 0 saturated carbocycles. The number of nitro benzene ring substituents is 1. The van der Waals surface area contributed by atoms with E-state index in [4.69, 9.17) is 5.84 Å². The van der Waals surface area contributed by atoms with Gasteiger partial charge in [-0.25, -0.2) is 4.98 Å². The lowest BCUT2D eigenvalue weighted by Gasteiger charge is -2.07. The summed E-state index contributed by atoms with van der Waals surface area (Å²) in [6, 6.07) is 4.92. The van der Waals surface area contributed by atoms with E-state index < -0.39 is 4.92 Å². The van der Waals surface area contributed by atoms with Gasteiger partial charge in [0, 0.05) is 18.3 Å². The van der Waals surface area contributed by atoms with E-state index in [2.05, 4.69) is 10.4 Å². The summed E-state index contributed by atoms with van der Waals surface area (Å²) in [6.45, 7) is 4.43. The Hall–Kier alpha value is -2.41. The number of hydrogen-bond acceptors (Lipinski definition) is 5. The van der Waals surface area contributed by atoms with E-state index in [1.54, 1.807) is 18.5 Å². The molecule has 0 amide bonds. The van der Waals surface area contributed by atoms with Crippen LogP contribution in [-0.4, -0.2) is 14.5 Å². The third-order valence-corrected chi connectivity index (χ3v) is 3.11. The Morgan fingerprint density at radius 3 is 2.74 bits per heavy atom. The maximum atomic E-state index is 10.9. The van der Waals surface area contributed by atoms with Crippen molar-refractivity contribution in [2.45, 2.75) is 20.4 Å². The van der Waals surface area contributed by atoms with Gasteiger partial charge in [-0.1, -0.05) is 6.07 Å². The van der Waals surface area contributed by atoms with Crippen LogP contribution in [0.15, 0.2) is 24.5 Å². The van der Waals surface area contributed by atoms with Crippen LogP contribution in [0, 0.1) is 24.0 Å². The minimum absolute atomic E-state index is 0.0329. The van der Waals surface area contributed by atoms with E-state index in [1.165, 1.54) is 6.07 Å². The quantitative estimate of drug-likeness (QED) is 0.496. The molecule has 0 spiro atoms. The molecule has 1 heterocycles. The van der Waals surface area contributed by atoms with Crippen molar-refractivity contribution in [2.24, 2.45) is 5.84 Å².